The zero-order chi connectivity index (χ0) is 9.42. The summed E-state index contributed by atoms with van der Waals surface area (Å²) in [6.45, 7) is 0.148. The molecule has 0 saturated heterocycles. The van der Waals surface area contributed by atoms with Crippen LogP contribution in [0.15, 0.2) is 6.20 Å². The molecule has 2 rings (SSSR count). The summed E-state index contributed by atoms with van der Waals surface area (Å²) >= 11 is 0. The van der Waals surface area contributed by atoms with Crippen molar-refractivity contribution in [3.8, 4) is 0 Å². The summed E-state index contributed by atoms with van der Waals surface area (Å²) in [5.74, 6) is -0.593. The lowest BCUT2D eigenvalue weighted by molar-refractivity contribution is 0.0878. The molecule has 66 valence electrons. The van der Waals surface area contributed by atoms with Crippen molar-refractivity contribution in [2.45, 2.75) is 6.54 Å². The first-order chi connectivity index (χ1) is 6.22. The van der Waals surface area contributed by atoms with Crippen molar-refractivity contribution in [3.05, 3.63) is 23.3 Å². The summed E-state index contributed by atoms with van der Waals surface area (Å²) in [5, 5.41) is 2.11. The molecule has 2 heterocycles. The van der Waals surface area contributed by atoms with Gasteiger partial charge in [0.25, 0.3) is 11.8 Å². The van der Waals surface area contributed by atoms with E-state index in [0.717, 1.165) is 0 Å². The van der Waals surface area contributed by atoms with Crippen LogP contribution in [0.2, 0.25) is 0 Å². The smallest absolute Gasteiger partial charge is 0.277 e. The molecule has 13 heavy (non-hydrogen) atoms. The van der Waals surface area contributed by atoms with Gasteiger partial charge in [-0.2, -0.15) is 0 Å². The lowest BCUT2D eigenvalue weighted by Gasteiger charge is -1.95. The van der Waals surface area contributed by atoms with Gasteiger partial charge in [-0.1, -0.05) is 0 Å². The Balaban J connectivity index is 2.58. The number of aromatic nitrogens is 2. The summed E-state index contributed by atoms with van der Waals surface area (Å²) in [7, 11) is 0. The molecule has 1 aromatic heterocycles. The number of nitrogens with two attached hydrogens (primary N) is 1. The van der Waals surface area contributed by atoms with E-state index >= 15 is 0 Å². The van der Waals surface area contributed by atoms with E-state index in [0.29, 0.717) is 5.82 Å². The molecule has 0 aromatic carbocycles. The normalized spacial score (nSPS) is 14.2. The Bertz CT molecular complexity index is 401. The number of carbonyl (C=O) groups is 2. The van der Waals surface area contributed by atoms with Crippen LogP contribution in [0.4, 0.5) is 0 Å². The minimum Gasteiger partial charge on any atom is -0.324 e. The lowest BCUT2D eigenvalue weighted by atomic mass is 10.2. The van der Waals surface area contributed by atoms with Gasteiger partial charge >= 0.3 is 0 Å². The average molecular weight is 178 g/mol. The van der Waals surface area contributed by atoms with Crippen molar-refractivity contribution in [1.29, 1.82) is 0 Å². The molecule has 2 amide bonds. The number of amides is 2. The number of fused-ring (bicyclic) bond motifs is 1. The predicted molar refractivity (Wildman–Crippen MR) is 41.7 cm³/mol. The fraction of sp³-hybridized carbons (Fsp3) is 0.143. The molecule has 0 spiro atoms. The lowest BCUT2D eigenvalue weighted by Crippen LogP contribution is -2.20. The fourth-order valence-electron chi connectivity index (χ4n) is 1.09. The summed E-state index contributed by atoms with van der Waals surface area (Å²) in [6, 6.07) is 0. The van der Waals surface area contributed by atoms with Crippen molar-refractivity contribution in [2.75, 3.05) is 0 Å². The van der Waals surface area contributed by atoms with Gasteiger partial charge in [-0.3, -0.25) is 14.9 Å². The number of rotatable bonds is 1. The first-order valence-electron chi connectivity index (χ1n) is 3.64. The third-order valence-corrected chi connectivity index (χ3v) is 1.71. The molecule has 0 unspecified atom stereocenters. The van der Waals surface area contributed by atoms with E-state index in [1.165, 1.54) is 6.20 Å². The van der Waals surface area contributed by atoms with E-state index < -0.39 is 11.8 Å². The minimum atomic E-state index is -0.489. The van der Waals surface area contributed by atoms with Crippen LogP contribution >= 0.6 is 0 Å². The van der Waals surface area contributed by atoms with E-state index in [9.17, 15) is 9.59 Å². The highest BCUT2D eigenvalue weighted by Crippen LogP contribution is 2.11. The van der Waals surface area contributed by atoms with Crippen LogP contribution in [-0.2, 0) is 6.54 Å². The summed E-state index contributed by atoms with van der Waals surface area (Å²) < 4.78 is 0. The molecule has 0 atom stereocenters. The van der Waals surface area contributed by atoms with Gasteiger partial charge in [0.15, 0.2) is 0 Å². The van der Waals surface area contributed by atoms with Gasteiger partial charge in [0.05, 0.1) is 12.1 Å². The van der Waals surface area contributed by atoms with Gasteiger partial charge in [0, 0.05) is 6.20 Å². The molecule has 3 N–H and O–H groups in total. The molecule has 0 saturated carbocycles. The third kappa shape index (κ3) is 1.07. The van der Waals surface area contributed by atoms with Crippen molar-refractivity contribution >= 4 is 11.8 Å². The van der Waals surface area contributed by atoms with Crippen LogP contribution in [-0.4, -0.2) is 21.8 Å². The molecule has 0 fully saturated rings. The average Bonchev–Trinajstić information content (AvgIpc) is 2.42. The Kier molecular flexibility index (Phi) is 1.56. The first-order valence-corrected chi connectivity index (χ1v) is 3.64. The highest BCUT2D eigenvalue weighted by Gasteiger charge is 2.28. The van der Waals surface area contributed by atoms with E-state index in [4.69, 9.17) is 5.73 Å². The second kappa shape index (κ2) is 2.60. The standard InChI is InChI=1S/C7H6N4O2/c8-1-4-9-2-3-5(10-4)7(13)11-6(3)12/h2H,1,8H2,(H,11,12,13). The van der Waals surface area contributed by atoms with Gasteiger partial charge in [0.2, 0.25) is 0 Å². The molecule has 0 bridgehead atoms. The molecule has 0 aliphatic carbocycles. The highest BCUT2D eigenvalue weighted by atomic mass is 16.2. The van der Waals surface area contributed by atoms with Crippen molar-refractivity contribution in [3.63, 3.8) is 0 Å². The number of carbonyl (C=O) groups excluding carboxylic acids is 2. The first kappa shape index (κ1) is 7.81. The maximum absolute atomic E-state index is 11.1. The molecule has 0 radical (unpaired) electrons. The topological polar surface area (TPSA) is 98.0 Å². The summed E-state index contributed by atoms with van der Waals surface area (Å²) in [4.78, 5) is 29.8. The van der Waals surface area contributed by atoms with E-state index in [1.54, 1.807) is 0 Å². The van der Waals surface area contributed by atoms with Crippen molar-refractivity contribution in [1.82, 2.24) is 15.3 Å². The SMILES string of the molecule is NCc1ncc2c(n1)C(=O)NC2=O. The van der Waals surface area contributed by atoms with Crippen LogP contribution in [0.1, 0.15) is 26.7 Å². The summed E-state index contributed by atoms with van der Waals surface area (Å²) in [5.41, 5.74) is 5.60. The minimum absolute atomic E-state index is 0.112. The van der Waals surface area contributed by atoms with Gasteiger partial charge < -0.3 is 5.73 Å². The van der Waals surface area contributed by atoms with Crippen LogP contribution in [0.5, 0.6) is 0 Å². The van der Waals surface area contributed by atoms with Crippen molar-refractivity contribution in [2.24, 2.45) is 5.73 Å². The van der Waals surface area contributed by atoms with Gasteiger partial charge in [-0.15, -0.1) is 0 Å². The number of nitrogens with one attached hydrogen (secondary N) is 1. The maximum atomic E-state index is 11.1. The quantitative estimate of drug-likeness (QED) is 0.527. The predicted octanol–water partition coefficient (Wildman–Crippen LogP) is -1.18. The van der Waals surface area contributed by atoms with E-state index in [-0.39, 0.29) is 17.8 Å². The Morgan fingerprint density at radius 3 is 2.85 bits per heavy atom. The zero-order valence-electron chi connectivity index (χ0n) is 6.57. The van der Waals surface area contributed by atoms with E-state index in [2.05, 4.69) is 15.3 Å². The molecular weight excluding hydrogens is 172 g/mol. The molecule has 1 aromatic rings. The van der Waals surface area contributed by atoms with E-state index in [1.807, 2.05) is 0 Å². The highest BCUT2D eigenvalue weighted by molar-refractivity contribution is 6.20. The second-order valence-corrected chi connectivity index (χ2v) is 2.54. The van der Waals surface area contributed by atoms with Gasteiger partial charge in [-0.05, 0) is 0 Å². The third-order valence-electron chi connectivity index (χ3n) is 1.71. The molecule has 1 aliphatic heterocycles. The monoisotopic (exact) mass is 178 g/mol. The fourth-order valence-corrected chi connectivity index (χ4v) is 1.09. The van der Waals surface area contributed by atoms with Crippen LogP contribution in [0.25, 0.3) is 0 Å². The Morgan fingerprint density at radius 2 is 2.15 bits per heavy atom. The Labute approximate surface area is 73.2 Å². The zero-order valence-corrected chi connectivity index (χ0v) is 6.57. The van der Waals surface area contributed by atoms with Crippen molar-refractivity contribution < 1.29 is 9.59 Å². The molecule has 1 aliphatic rings. The Morgan fingerprint density at radius 1 is 1.38 bits per heavy atom. The summed E-state index contributed by atoms with van der Waals surface area (Å²) in [6.07, 6.45) is 1.31. The number of hydrogen-bond donors (Lipinski definition) is 2. The number of hydrogen-bond acceptors (Lipinski definition) is 5. The van der Waals surface area contributed by atoms with Gasteiger partial charge in [-0.25, -0.2) is 9.97 Å². The molecule has 6 heteroatoms. The largest absolute Gasteiger partial charge is 0.324 e. The van der Waals surface area contributed by atoms with Crippen LogP contribution in [0, 0.1) is 0 Å². The molecule has 6 nitrogen and oxygen atoms in total. The van der Waals surface area contributed by atoms with Crippen LogP contribution in [0.3, 0.4) is 0 Å². The Hall–Kier alpha value is -1.82. The number of nitrogens with zero attached hydrogens (tertiary/aromatic N) is 2. The van der Waals surface area contributed by atoms with Gasteiger partial charge in [0.1, 0.15) is 11.5 Å². The second-order valence-electron chi connectivity index (χ2n) is 2.54. The maximum Gasteiger partial charge on any atom is 0.277 e. The number of imide groups is 1. The van der Waals surface area contributed by atoms with Crippen LogP contribution < -0.4 is 11.1 Å². The molecular formula is C7H6N4O2.